The third-order valence-corrected chi connectivity index (χ3v) is 3.11. The standard InChI is InChI=1S/C10H14N2O2.C7H5NO4/c11-9(7-14-10(12)13)6-8-4-2-1-3-5-8;9-7(10)5-1-3-6(4-2-5)8(11)12/h1-5,9H,6-7,11H2,(H2,12,13);1-4H,(H,9,10). The number of primary amides is 1. The Kier molecular flexibility index (Phi) is 8.24. The van der Waals surface area contributed by atoms with E-state index in [-0.39, 0.29) is 23.9 Å². The molecule has 5 N–H and O–H groups in total. The number of carboxylic acid groups (broad SMARTS) is 1. The molecule has 26 heavy (non-hydrogen) atoms. The van der Waals surface area contributed by atoms with Crippen LogP contribution in [0, 0.1) is 10.1 Å². The number of benzene rings is 2. The van der Waals surface area contributed by atoms with Crippen LogP contribution >= 0.6 is 0 Å². The van der Waals surface area contributed by atoms with Crippen LogP contribution in [0.3, 0.4) is 0 Å². The lowest BCUT2D eigenvalue weighted by atomic mass is 10.1. The van der Waals surface area contributed by atoms with Crippen LogP contribution in [0.25, 0.3) is 0 Å². The zero-order valence-electron chi connectivity index (χ0n) is 13.8. The van der Waals surface area contributed by atoms with Crippen LogP contribution in [0.5, 0.6) is 0 Å². The largest absolute Gasteiger partial charge is 0.478 e. The number of non-ortho nitro benzene ring substituents is 1. The fourth-order valence-electron chi connectivity index (χ4n) is 1.89. The van der Waals surface area contributed by atoms with Crippen molar-refractivity contribution in [2.24, 2.45) is 11.5 Å². The van der Waals surface area contributed by atoms with Crippen molar-refractivity contribution in [2.75, 3.05) is 6.61 Å². The van der Waals surface area contributed by atoms with Gasteiger partial charge in [-0.2, -0.15) is 0 Å². The monoisotopic (exact) mass is 361 g/mol. The van der Waals surface area contributed by atoms with Gasteiger partial charge in [0.05, 0.1) is 10.5 Å². The van der Waals surface area contributed by atoms with Gasteiger partial charge in [-0.15, -0.1) is 0 Å². The molecule has 9 heteroatoms. The number of aromatic carboxylic acids is 1. The maximum absolute atomic E-state index is 10.3. The molecule has 9 nitrogen and oxygen atoms in total. The lowest BCUT2D eigenvalue weighted by molar-refractivity contribution is -0.384. The second-order valence-electron chi connectivity index (χ2n) is 5.19. The molecule has 0 saturated heterocycles. The molecule has 2 rings (SSSR count). The summed E-state index contributed by atoms with van der Waals surface area (Å²) in [6, 6.07) is 14.3. The summed E-state index contributed by atoms with van der Waals surface area (Å²) in [6.07, 6.45) is -0.109. The first-order valence-corrected chi connectivity index (χ1v) is 7.49. The molecule has 1 amide bonds. The van der Waals surface area contributed by atoms with E-state index in [4.69, 9.17) is 16.6 Å². The van der Waals surface area contributed by atoms with Gasteiger partial charge < -0.3 is 21.3 Å². The molecule has 1 unspecified atom stereocenters. The third-order valence-electron chi connectivity index (χ3n) is 3.11. The number of nitrogens with zero attached hydrogens (tertiary/aromatic N) is 1. The molecular formula is C17H19N3O6. The Hall–Kier alpha value is -3.46. The predicted molar refractivity (Wildman–Crippen MR) is 93.7 cm³/mol. The Balaban J connectivity index is 0.000000263. The van der Waals surface area contributed by atoms with E-state index in [0.717, 1.165) is 17.7 Å². The van der Waals surface area contributed by atoms with Crippen LogP contribution in [-0.4, -0.2) is 34.7 Å². The molecule has 0 aliphatic heterocycles. The van der Waals surface area contributed by atoms with Crippen LogP contribution in [0.1, 0.15) is 15.9 Å². The molecule has 0 radical (unpaired) electrons. The van der Waals surface area contributed by atoms with Gasteiger partial charge in [0, 0.05) is 18.2 Å². The van der Waals surface area contributed by atoms with Crippen LogP contribution in [-0.2, 0) is 11.2 Å². The quantitative estimate of drug-likeness (QED) is 0.523. The summed E-state index contributed by atoms with van der Waals surface area (Å²) in [6.45, 7) is 0.157. The van der Waals surface area contributed by atoms with Crippen LogP contribution < -0.4 is 11.5 Å². The van der Waals surface area contributed by atoms with Gasteiger partial charge in [-0.3, -0.25) is 10.1 Å². The van der Waals surface area contributed by atoms with Gasteiger partial charge in [-0.25, -0.2) is 9.59 Å². The van der Waals surface area contributed by atoms with Gasteiger partial charge >= 0.3 is 12.1 Å². The van der Waals surface area contributed by atoms with Crippen molar-refractivity contribution in [3.63, 3.8) is 0 Å². The van der Waals surface area contributed by atoms with Crippen LogP contribution in [0.15, 0.2) is 54.6 Å². The Morgan fingerprint density at radius 3 is 2.15 bits per heavy atom. The summed E-state index contributed by atoms with van der Waals surface area (Å²) >= 11 is 0. The Bertz CT molecular complexity index is 701. The number of rotatable bonds is 6. The Morgan fingerprint density at radius 1 is 1.12 bits per heavy atom. The fourth-order valence-corrected chi connectivity index (χ4v) is 1.89. The van der Waals surface area contributed by atoms with Crippen molar-refractivity contribution in [3.8, 4) is 0 Å². The van der Waals surface area contributed by atoms with Gasteiger partial charge in [-0.1, -0.05) is 30.3 Å². The topological polar surface area (TPSA) is 159 Å². The lowest BCUT2D eigenvalue weighted by Gasteiger charge is -2.10. The van der Waals surface area contributed by atoms with Gasteiger partial charge in [0.15, 0.2) is 0 Å². The second-order valence-corrected chi connectivity index (χ2v) is 5.19. The molecule has 0 bridgehead atoms. The minimum Gasteiger partial charge on any atom is -0.478 e. The molecule has 0 spiro atoms. The van der Waals surface area contributed by atoms with E-state index in [2.05, 4.69) is 4.74 Å². The molecule has 0 aliphatic rings. The number of carbonyl (C=O) groups is 2. The number of carbonyl (C=O) groups excluding carboxylic acids is 1. The SMILES string of the molecule is NC(=O)OCC(N)Cc1ccccc1.O=C(O)c1ccc([N+](=O)[O-])cc1. The van der Waals surface area contributed by atoms with E-state index in [0.29, 0.717) is 6.42 Å². The zero-order chi connectivity index (χ0) is 19.5. The van der Waals surface area contributed by atoms with Crippen molar-refractivity contribution in [1.82, 2.24) is 0 Å². The smallest absolute Gasteiger partial charge is 0.404 e. The molecule has 2 aromatic carbocycles. The average molecular weight is 361 g/mol. The van der Waals surface area contributed by atoms with Crippen molar-refractivity contribution >= 4 is 17.7 Å². The minimum absolute atomic E-state index is 0.0422. The van der Waals surface area contributed by atoms with E-state index in [1.54, 1.807) is 0 Å². The van der Waals surface area contributed by atoms with Gasteiger partial charge in [0.1, 0.15) is 6.61 Å². The summed E-state index contributed by atoms with van der Waals surface area (Å²) in [5.74, 6) is -1.09. The molecule has 0 aliphatic carbocycles. The minimum atomic E-state index is -1.09. The van der Waals surface area contributed by atoms with Crippen molar-refractivity contribution < 1.29 is 24.4 Å². The number of hydrogen-bond donors (Lipinski definition) is 3. The summed E-state index contributed by atoms with van der Waals surface area (Å²) in [7, 11) is 0. The first-order chi connectivity index (χ1) is 12.3. The maximum atomic E-state index is 10.3. The van der Waals surface area contributed by atoms with E-state index in [1.165, 1.54) is 12.1 Å². The average Bonchev–Trinajstić information content (AvgIpc) is 2.61. The molecule has 0 fully saturated rings. The van der Waals surface area contributed by atoms with Gasteiger partial charge in [-0.05, 0) is 24.1 Å². The van der Waals surface area contributed by atoms with E-state index >= 15 is 0 Å². The fraction of sp³-hybridized carbons (Fsp3) is 0.176. The predicted octanol–water partition coefficient (Wildman–Crippen LogP) is 1.94. The zero-order valence-corrected chi connectivity index (χ0v) is 13.8. The number of ether oxygens (including phenoxy) is 1. The highest BCUT2D eigenvalue weighted by Crippen LogP contribution is 2.11. The number of hydrogen-bond acceptors (Lipinski definition) is 6. The summed E-state index contributed by atoms with van der Waals surface area (Å²) in [5.41, 5.74) is 11.6. The molecule has 0 aromatic heterocycles. The van der Waals surface area contributed by atoms with Crippen molar-refractivity contribution in [3.05, 3.63) is 75.8 Å². The highest BCUT2D eigenvalue weighted by molar-refractivity contribution is 5.87. The number of carboxylic acids is 1. The highest BCUT2D eigenvalue weighted by atomic mass is 16.6. The summed E-state index contributed by atoms with van der Waals surface area (Å²) in [5, 5.41) is 18.6. The molecule has 2 aromatic rings. The highest BCUT2D eigenvalue weighted by Gasteiger charge is 2.07. The van der Waals surface area contributed by atoms with E-state index in [1.807, 2.05) is 30.3 Å². The van der Waals surface area contributed by atoms with Gasteiger partial charge in [0.2, 0.25) is 0 Å². The molecule has 0 saturated carbocycles. The first kappa shape index (κ1) is 20.6. The van der Waals surface area contributed by atoms with E-state index in [9.17, 15) is 19.7 Å². The molecule has 1 atom stereocenters. The number of nitrogens with two attached hydrogens (primary N) is 2. The Labute approximate surface area is 149 Å². The summed E-state index contributed by atoms with van der Waals surface area (Å²) in [4.78, 5) is 30.2. The maximum Gasteiger partial charge on any atom is 0.404 e. The first-order valence-electron chi connectivity index (χ1n) is 7.49. The lowest BCUT2D eigenvalue weighted by Crippen LogP contribution is -2.31. The normalized spacial score (nSPS) is 10.8. The number of nitro groups is 1. The summed E-state index contributed by atoms with van der Waals surface area (Å²) < 4.78 is 4.59. The van der Waals surface area contributed by atoms with Gasteiger partial charge in [0.25, 0.3) is 5.69 Å². The number of nitro benzene ring substituents is 1. The second kappa shape index (κ2) is 10.4. The van der Waals surface area contributed by atoms with Crippen molar-refractivity contribution in [1.29, 1.82) is 0 Å². The van der Waals surface area contributed by atoms with Crippen LogP contribution in [0.4, 0.5) is 10.5 Å². The number of amides is 1. The third kappa shape index (κ3) is 7.88. The molecular weight excluding hydrogens is 342 g/mol. The molecule has 138 valence electrons. The van der Waals surface area contributed by atoms with E-state index < -0.39 is 17.0 Å². The molecule has 0 heterocycles. The Morgan fingerprint density at radius 2 is 1.69 bits per heavy atom. The van der Waals surface area contributed by atoms with Crippen LogP contribution in [0.2, 0.25) is 0 Å². The van der Waals surface area contributed by atoms with Crippen molar-refractivity contribution in [2.45, 2.75) is 12.5 Å².